The van der Waals surface area contributed by atoms with Gasteiger partial charge in [-0.05, 0) is 18.9 Å². The van der Waals surface area contributed by atoms with Crippen molar-refractivity contribution in [2.45, 2.75) is 39.0 Å². The Morgan fingerprint density at radius 1 is 1.54 bits per heavy atom. The Hall–Kier alpha value is -0.780. The molecule has 1 unspecified atom stereocenters. The number of unbranched alkanes of at least 4 members (excludes halogenated alkanes) is 2. The zero-order valence-electron chi connectivity index (χ0n) is 8.55. The van der Waals surface area contributed by atoms with E-state index in [0.717, 1.165) is 6.42 Å². The average Bonchev–Trinajstić information content (AvgIpc) is 2.54. The fourth-order valence-electron chi connectivity index (χ4n) is 1.74. The van der Waals surface area contributed by atoms with E-state index >= 15 is 0 Å². The minimum absolute atomic E-state index is 0.588. The Bertz CT molecular complexity index is 208. The first kappa shape index (κ1) is 10.3. The lowest BCUT2D eigenvalue weighted by Gasteiger charge is -2.11. The summed E-state index contributed by atoms with van der Waals surface area (Å²) >= 11 is 0. The molecule has 0 aromatic heterocycles. The molecular weight excluding hydrogens is 156 g/mol. The summed E-state index contributed by atoms with van der Waals surface area (Å²) in [4.78, 5) is 0. The van der Waals surface area contributed by atoms with Crippen molar-refractivity contribution < 1.29 is 0 Å². The molecule has 1 rings (SSSR count). The third-order valence-corrected chi connectivity index (χ3v) is 2.52. The quantitative estimate of drug-likeness (QED) is 0.422. The molecule has 0 spiro atoms. The third-order valence-electron chi connectivity index (χ3n) is 2.52. The molecule has 0 saturated heterocycles. The minimum atomic E-state index is 0.588. The Balaban J connectivity index is 2.28. The van der Waals surface area contributed by atoms with Crippen LogP contribution in [-0.2, 0) is 0 Å². The van der Waals surface area contributed by atoms with Gasteiger partial charge in [0, 0.05) is 5.92 Å². The van der Waals surface area contributed by atoms with Crippen molar-refractivity contribution in [3.05, 3.63) is 36.5 Å². The topological polar surface area (TPSA) is 0 Å². The van der Waals surface area contributed by atoms with Gasteiger partial charge in [-0.3, -0.25) is 0 Å². The second-order valence-electron chi connectivity index (χ2n) is 3.62. The molecule has 0 nitrogen and oxygen atoms in total. The molecule has 0 heterocycles. The van der Waals surface area contributed by atoms with Crippen molar-refractivity contribution >= 4 is 0 Å². The lowest BCUT2D eigenvalue weighted by Crippen LogP contribution is -1.97. The Morgan fingerprint density at radius 3 is 3.08 bits per heavy atom. The van der Waals surface area contributed by atoms with Crippen LogP contribution in [-0.4, -0.2) is 0 Å². The van der Waals surface area contributed by atoms with Crippen LogP contribution in [0.15, 0.2) is 30.4 Å². The number of hydrogen-bond acceptors (Lipinski definition) is 0. The molecule has 0 aliphatic heterocycles. The van der Waals surface area contributed by atoms with Crippen molar-refractivity contribution in [3.63, 3.8) is 0 Å². The molecule has 1 aliphatic carbocycles. The van der Waals surface area contributed by atoms with E-state index in [2.05, 4.69) is 31.7 Å². The highest BCUT2D eigenvalue weighted by Gasteiger charge is 2.12. The minimum Gasteiger partial charge on any atom is -0.103 e. The van der Waals surface area contributed by atoms with Gasteiger partial charge in [0.2, 0.25) is 0 Å². The van der Waals surface area contributed by atoms with E-state index in [4.69, 9.17) is 0 Å². The highest BCUT2D eigenvalue weighted by atomic mass is 14.2. The fraction of sp³-hybridized carbons (Fsp3) is 0.538. The maximum atomic E-state index is 3.77. The molecule has 0 saturated carbocycles. The lowest BCUT2D eigenvalue weighted by atomic mass is 9.94. The first-order chi connectivity index (χ1) is 6.38. The molecule has 0 amide bonds. The van der Waals surface area contributed by atoms with Gasteiger partial charge in [0.05, 0.1) is 0 Å². The van der Waals surface area contributed by atoms with Crippen molar-refractivity contribution in [2.75, 3.05) is 0 Å². The Morgan fingerprint density at radius 2 is 2.38 bits per heavy atom. The van der Waals surface area contributed by atoms with Crippen LogP contribution in [0.4, 0.5) is 0 Å². The smallest absolute Gasteiger partial charge is 0.00573 e. The number of rotatable bonds is 6. The maximum absolute atomic E-state index is 3.77. The van der Waals surface area contributed by atoms with Gasteiger partial charge < -0.3 is 0 Å². The van der Waals surface area contributed by atoms with Crippen LogP contribution in [0.2, 0.25) is 0 Å². The van der Waals surface area contributed by atoms with Crippen LogP contribution >= 0.6 is 0 Å². The summed E-state index contributed by atoms with van der Waals surface area (Å²) < 4.78 is 0. The van der Waals surface area contributed by atoms with Gasteiger partial charge in [0.1, 0.15) is 0 Å². The van der Waals surface area contributed by atoms with Gasteiger partial charge in [-0.25, -0.2) is 0 Å². The Kier molecular flexibility index (Phi) is 4.59. The van der Waals surface area contributed by atoms with Crippen LogP contribution in [0, 0.1) is 12.0 Å². The molecule has 1 atom stereocenters. The molecule has 0 bridgehead atoms. The van der Waals surface area contributed by atoms with Crippen molar-refractivity contribution in [2.24, 2.45) is 5.92 Å². The van der Waals surface area contributed by atoms with E-state index in [1.54, 1.807) is 0 Å². The third kappa shape index (κ3) is 3.22. The monoisotopic (exact) mass is 175 g/mol. The molecule has 0 aromatic rings. The normalized spacial score (nSPS) is 20.4. The molecule has 0 fully saturated rings. The summed E-state index contributed by atoms with van der Waals surface area (Å²) in [5.74, 6) is 0.588. The van der Waals surface area contributed by atoms with Crippen LogP contribution in [0.1, 0.15) is 39.0 Å². The largest absolute Gasteiger partial charge is 0.103 e. The maximum Gasteiger partial charge on any atom is 0.00573 e. The molecule has 1 aliphatic rings. The zero-order chi connectivity index (χ0) is 9.52. The standard InChI is InChI=1S/C13H19/c1-3-5-6-9-13-11-7-10-12(13)8-4-2/h4,7,10,13H,2-3,5-6,8-9H2,1H3. The van der Waals surface area contributed by atoms with Crippen LogP contribution < -0.4 is 0 Å². The lowest BCUT2D eigenvalue weighted by molar-refractivity contribution is 0.583. The number of allylic oxidation sites excluding steroid dienone is 5. The highest BCUT2D eigenvalue weighted by molar-refractivity contribution is 5.25. The number of hydrogen-bond donors (Lipinski definition) is 0. The Labute approximate surface area is 82.0 Å². The first-order valence-corrected chi connectivity index (χ1v) is 5.27. The van der Waals surface area contributed by atoms with Gasteiger partial charge in [-0.15, -0.1) is 6.58 Å². The van der Waals surface area contributed by atoms with Gasteiger partial charge >= 0.3 is 0 Å². The molecule has 0 N–H and O–H groups in total. The summed E-state index contributed by atoms with van der Waals surface area (Å²) in [6.07, 6.45) is 15.9. The SMILES string of the molecule is C=CCC1=CC=[C]C1CCCCC. The summed E-state index contributed by atoms with van der Waals surface area (Å²) in [5.41, 5.74) is 1.49. The molecule has 13 heavy (non-hydrogen) atoms. The van der Waals surface area contributed by atoms with E-state index < -0.39 is 0 Å². The van der Waals surface area contributed by atoms with Crippen molar-refractivity contribution in [1.82, 2.24) is 0 Å². The van der Waals surface area contributed by atoms with Gasteiger partial charge in [-0.2, -0.15) is 0 Å². The van der Waals surface area contributed by atoms with E-state index in [1.807, 2.05) is 6.08 Å². The zero-order valence-corrected chi connectivity index (χ0v) is 8.55. The fourth-order valence-corrected chi connectivity index (χ4v) is 1.74. The average molecular weight is 175 g/mol. The van der Waals surface area contributed by atoms with Crippen LogP contribution in [0.25, 0.3) is 0 Å². The van der Waals surface area contributed by atoms with Crippen molar-refractivity contribution in [3.8, 4) is 0 Å². The van der Waals surface area contributed by atoms with Crippen LogP contribution in [0.5, 0.6) is 0 Å². The highest BCUT2D eigenvalue weighted by Crippen LogP contribution is 2.26. The second-order valence-corrected chi connectivity index (χ2v) is 3.62. The summed E-state index contributed by atoms with van der Waals surface area (Å²) in [6.45, 7) is 6.02. The predicted molar refractivity (Wildman–Crippen MR) is 58.3 cm³/mol. The molecule has 71 valence electrons. The summed E-state index contributed by atoms with van der Waals surface area (Å²) in [5, 5.41) is 0. The second kappa shape index (κ2) is 5.80. The first-order valence-electron chi connectivity index (χ1n) is 5.27. The molecule has 0 heteroatoms. The summed E-state index contributed by atoms with van der Waals surface area (Å²) in [6, 6.07) is 0. The summed E-state index contributed by atoms with van der Waals surface area (Å²) in [7, 11) is 0. The van der Waals surface area contributed by atoms with Gasteiger partial charge in [0.25, 0.3) is 0 Å². The van der Waals surface area contributed by atoms with Gasteiger partial charge in [0.15, 0.2) is 0 Å². The van der Waals surface area contributed by atoms with E-state index in [0.29, 0.717) is 5.92 Å². The molecule has 0 aromatic carbocycles. The van der Waals surface area contributed by atoms with Crippen LogP contribution in [0.3, 0.4) is 0 Å². The predicted octanol–water partition coefficient (Wildman–Crippen LogP) is 4.06. The van der Waals surface area contributed by atoms with Gasteiger partial charge in [-0.1, -0.05) is 50.0 Å². The molecule has 1 radical (unpaired) electrons. The van der Waals surface area contributed by atoms with E-state index in [1.165, 1.54) is 31.3 Å². The molecular formula is C13H19. The van der Waals surface area contributed by atoms with E-state index in [9.17, 15) is 0 Å². The van der Waals surface area contributed by atoms with Crippen molar-refractivity contribution in [1.29, 1.82) is 0 Å². The van der Waals surface area contributed by atoms with E-state index in [-0.39, 0.29) is 0 Å².